The van der Waals surface area contributed by atoms with Gasteiger partial charge in [-0.3, -0.25) is 9.89 Å². The van der Waals surface area contributed by atoms with Gasteiger partial charge in [-0.15, -0.1) is 0 Å². The SMILES string of the molecule is Cc1ccc(Cl)cc1NC(=O)c1[nH]nc2c1COc1ccccc1-2. The first-order valence-corrected chi connectivity index (χ1v) is 7.88. The van der Waals surface area contributed by atoms with Crippen molar-refractivity contribution in [2.45, 2.75) is 13.5 Å². The number of H-pyrrole nitrogens is 1. The highest BCUT2D eigenvalue weighted by atomic mass is 35.5. The number of carbonyl (C=O) groups excluding carboxylic acids is 1. The maximum absolute atomic E-state index is 12.6. The van der Waals surface area contributed by atoms with Gasteiger partial charge in [0.15, 0.2) is 0 Å². The van der Waals surface area contributed by atoms with E-state index in [9.17, 15) is 4.79 Å². The van der Waals surface area contributed by atoms with Crippen LogP contribution < -0.4 is 10.1 Å². The van der Waals surface area contributed by atoms with Crippen molar-refractivity contribution < 1.29 is 9.53 Å². The molecule has 2 heterocycles. The number of aryl methyl sites for hydroxylation is 1. The smallest absolute Gasteiger partial charge is 0.274 e. The van der Waals surface area contributed by atoms with E-state index in [1.54, 1.807) is 12.1 Å². The predicted molar refractivity (Wildman–Crippen MR) is 92.5 cm³/mol. The molecule has 5 nitrogen and oxygen atoms in total. The number of carbonyl (C=O) groups is 1. The normalized spacial score (nSPS) is 12.1. The summed E-state index contributed by atoms with van der Waals surface area (Å²) in [6.45, 7) is 2.22. The summed E-state index contributed by atoms with van der Waals surface area (Å²) in [5, 5.41) is 10.6. The third-order valence-corrected chi connectivity index (χ3v) is 4.29. The molecule has 1 amide bonds. The number of benzene rings is 2. The summed E-state index contributed by atoms with van der Waals surface area (Å²) >= 11 is 6.01. The van der Waals surface area contributed by atoms with Crippen molar-refractivity contribution in [2.24, 2.45) is 0 Å². The van der Waals surface area contributed by atoms with Gasteiger partial charge in [-0.25, -0.2) is 0 Å². The molecule has 0 saturated heterocycles. The van der Waals surface area contributed by atoms with Crippen LogP contribution in [0.5, 0.6) is 5.75 Å². The van der Waals surface area contributed by atoms with Crippen molar-refractivity contribution in [1.29, 1.82) is 0 Å². The topological polar surface area (TPSA) is 67.0 Å². The molecule has 24 heavy (non-hydrogen) atoms. The number of amides is 1. The van der Waals surface area contributed by atoms with E-state index in [1.165, 1.54) is 0 Å². The fourth-order valence-corrected chi connectivity index (χ4v) is 2.94. The van der Waals surface area contributed by atoms with Crippen LogP contribution in [0.1, 0.15) is 21.6 Å². The first-order valence-electron chi connectivity index (χ1n) is 7.50. The Kier molecular flexibility index (Phi) is 3.50. The van der Waals surface area contributed by atoms with Crippen LogP contribution in [0.25, 0.3) is 11.3 Å². The van der Waals surface area contributed by atoms with Gasteiger partial charge in [0.1, 0.15) is 23.7 Å². The van der Waals surface area contributed by atoms with Crippen molar-refractivity contribution in [1.82, 2.24) is 10.2 Å². The highest BCUT2D eigenvalue weighted by Crippen LogP contribution is 2.37. The summed E-state index contributed by atoms with van der Waals surface area (Å²) < 4.78 is 5.73. The van der Waals surface area contributed by atoms with Gasteiger partial charge in [-0.2, -0.15) is 5.10 Å². The van der Waals surface area contributed by atoms with E-state index in [0.29, 0.717) is 23.0 Å². The fraction of sp³-hybridized carbons (Fsp3) is 0.111. The number of hydrogen-bond acceptors (Lipinski definition) is 3. The lowest BCUT2D eigenvalue weighted by atomic mass is 10.0. The number of aromatic amines is 1. The third-order valence-electron chi connectivity index (χ3n) is 4.06. The zero-order chi connectivity index (χ0) is 16.7. The maximum Gasteiger partial charge on any atom is 0.274 e. The highest BCUT2D eigenvalue weighted by molar-refractivity contribution is 6.31. The average molecular weight is 340 g/mol. The van der Waals surface area contributed by atoms with Crippen LogP contribution >= 0.6 is 11.6 Å². The molecule has 120 valence electrons. The predicted octanol–water partition coefficient (Wildman–Crippen LogP) is 4.18. The van der Waals surface area contributed by atoms with Crippen LogP contribution in [0.15, 0.2) is 42.5 Å². The third kappa shape index (κ3) is 2.43. The zero-order valence-electron chi connectivity index (χ0n) is 12.9. The lowest BCUT2D eigenvalue weighted by Gasteiger charge is -2.17. The second kappa shape index (κ2) is 5.69. The quantitative estimate of drug-likeness (QED) is 0.736. The van der Waals surface area contributed by atoms with E-state index in [2.05, 4.69) is 15.5 Å². The number of ether oxygens (including phenoxy) is 1. The second-order valence-corrected chi connectivity index (χ2v) is 6.06. The molecule has 1 aromatic heterocycles. The molecule has 0 radical (unpaired) electrons. The molecule has 0 bridgehead atoms. The molecule has 1 aliphatic rings. The lowest BCUT2D eigenvalue weighted by Crippen LogP contribution is -2.17. The van der Waals surface area contributed by atoms with Gasteiger partial charge in [-0.05, 0) is 36.8 Å². The molecular weight excluding hydrogens is 326 g/mol. The minimum absolute atomic E-state index is 0.267. The van der Waals surface area contributed by atoms with Crippen LogP contribution in [0, 0.1) is 6.92 Å². The molecule has 0 spiro atoms. The number of hydrogen-bond donors (Lipinski definition) is 2. The number of fused-ring (bicyclic) bond motifs is 3. The Morgan fingerprint density at radius 1 is 1.29 bits per heavy atom. The number of anilines is 1. The molecule has 6 heteroatoms. The van der Waals surface area contributed by atoms with E-state index < -0.39 is 0 Å². The monoisotopic (exact) mass is 339 g/mol. The van der Waals surface area contributed by atoms with Gasteiger partial charge in [0.05, 0.1) is 0 Å². The molecule has 0 fully saturated rings. The Labute approximate surface area is 143 Å². The van der Waals surface area contributed by atoms with Gasteiger partial charge in [0, 0.05) is 21.8 Å². The lowest BCUT2D eigenvalue weighted by molar-refractivity contribution is 0.101. The Balaban J connectivity index is 1.68. The minimum atomic E-state index is -0.267. The fourth-order valence-electron chi connectivity index (χ4n) is 2.77. The molecule has 2 aromatic carbocycles. The molecular formula is C18H14ClN3O2. The summed E-state index contributed by atoms with van der Waals surface area (Å²) in [6, 6.07) is 13.0. The number of aromatic nitrogens is 2. The van der Waals surface area contributed by atoms with E-state index >= 15 is 0 Å². The number of para-hydroxylation sites is 1. The van der Waals surface area contributed by atoms with E-state index in [1.807, 2.05) is 37.3 Å². The van der Waals surface area contributed by atoms with E-state index in [0.717, 1.165) is 28.1 Å². The summed E-state index contributed by atoms with van der Waals surface area (Å²) in [7, 11) is 0. The summed E-state index contributed by atoms with van der Waals surface area (Å²) in [5.41, 5.74) is 4.40. The molecule has 0 aliphatic carbocycles. The van der Waals surface area contributed by atoms with Crippen molar-refractivity contribution in [3.8, 4) is 17.0 Å². The van der Waals surface area contributed by atoms with Crippen LogP contribution in [-0.2, 0) is 6.61 Å². The largest absolute Gasteiger partial charge is 0.488 e. The Morgan fingerprint density at radius 2 is 2.12 bits per heavy atom. The van der Waals surface area contributed by atoms with Crippen molar-refractivity contribution >= 4 is 23.2 Å². The summed E-state index contributed by atoms with van der Waals surface area (Å²) in [4.78, 5) is 12.6. The average Bonchev–Trinajstić information content (AvgIpc) is 3.03. The molecule has 0 atom stereocenters. The number of nitrogens with zero attached hydrogens (tertiary/aromatic N) is 1. The zero-order valence-corrected chi connectivity index (χ0v) is 13.6. The van der Waals surface area contributed by atoms with Crippen LogP contribution in [0.2, 0.25) is 5.02 Å². The van der Waals surface area contributed by atoms with Gasteiger partial charge >= 0.3 is 0 Å². The molecule has 0 saturated carbocycles. The first kappa shape index (κ1) is 14.8. The standard InChI is InChI=1S/C18H14ClN3O2/c1-10-6-7-11(19)8-14(10)20-18(23)17-13-9-24-15-5-3-2-4-12(15)16(13)21-22-17/h2-8H,9H2,1H3,(H,20,23)(H,21,22). The molecule has 1 aliphatic heterocycles. The van der Waals surface area contributed by atoms with Crippen molar-refractivity contribution in [3.05, 3.63) is 64.3 Å². The van der Waals surface area contributed by atoms with Crippen LogP contribution in [-0.4, -0.2) is 16.1 Å². The summed E-state index contributed by atoms with van der Waals surface area (Å²) in [6.07, 6.45) is 0. The molecule has 2 N–H and O–H groups in total. The highest BCUT2D eigenvalue weighted by Gasteiger charge is 2.26. The Morgan fingerprint density at radius 3 is 3.00 bits per heavy atom. The number of halogens is 1. The number of rotatable bonds is 2. The Hall–Kier alpha value is -2.79. The molecule has 0 unspecified atom stereocenters. The summed E-state index contributed by atoms with van der Waals surface area (Å²) in [5.74, 6) is 0.506. The van der Waals surface area contributed by atoms with E-state index in [4.69, 9.17) is 16.3 Å². The molecule has 3 aromatic rings. The van der Waals surface area contributed by atoms with Crippen molar-refractivity contribution in [3.63, 3.8) is 0 Å². The first-order chi connectivity index (χ1) is 11.6. The van der Waals surface area contributed by atoms with Gasteiger partial charge in [0.2, 0.25) is 0 Å². The van der Waals surface area contributed by atoms with Gasteiger partial charge < -0.3 is 10.1 Å². The Bertz CT molecular complexity index is 949. The maximum atomic E-state index is 12.6. The second-order valence-electron chi connectivity index (χ2n) is 5.62. The number of nitrogens with one attached hydrogen (secondary N) is 2. The van der Waals surface area contributed by atoms with E-state index in [-0.39, 0.29) is 5.91 Å². The minimum Gasteiger partial charge on any atom is -0.488 e. The van der Waals surface area contributed by atoms with Gasteiger partial charge in [-0.1, -0.05) is 29.8 Å². The van der Waals surface area contributed by atoms with Gasteiger partial charge in [0.25, 0.3) is 5.91 Å². The van der Waals surface area contributed by atoms with Crippen molar-refractivity contribution in [2.75, 3.05) is 5.32 Å². The van der Waals surface area contributed by atoms with Crippen LogP contribution in [0.4, 0.5) is 5.69 Å². The van der Waals surface area contributed by atoms with Crippen LogP contribution in [0.3, 0.4) is 0 Å². The molecule has 4 rings (SSSR count).